The summed E-state index contributed by atoms with van der Waals surface area (Å²) in [6, 6.07) is 13.7. The fourth-order valence-electron chi connectivity index (χ4n) is 2.70. The van der Waals surface area contributed by atoms with E-state index in [1.54, 1.807) is 12.1 Å². The highest BCUT2D eigenvalue weighted by Crippen LogP contribution is 2.25. The van der Waals surface area contributed by atoms with Gasteiger partial charge in [0.15, 0.2) is 0 Å². The van der Waals surface area contributed by atoms with Crippen molar-refractivity contribution in [1.82, 2.24) is 0 Å². The molecule has 0 saturated heterocycles. The molecule has 0 aliphatic rings. The van der Waals surface area contributed by atoms with Crippen molar-refractivity contribution in [3.05, 3.63) is 58.6 Å². The summed E-state index contributed by atoms with van der Waals surface area (Å²) < 4.78 is 0. The molecular formula is C20H26N4O3. The summed E-state index contributed by atoms with van der Waals surface area (Å²) in [7, 11) is 0. The van der Waals surface area contributed by atoms with Crippen LogP contribution in [0.15, 0.2) is 58.8 Å². The minimum absolute atomic E-state index is 0.0273. The van der Waals surface area contributed by atoms with E-state index in [9.17, 15) is 15.2 Å². The third-order valence-electron chi connectivity index (χ3n) is 4.32. The summed E-state index contributed by atoms with van der Waals surface area (Å²) >= 11 is 0. The molecule has 0 amide bonds. The molecule has 2 rings (SSSR count). The lowest BCUT2D eigenvalue weighted by molar-refractivity contribution is -0.384. The van der Waals surface area contributed by atoms with E-state index < -0.39 is 4.92 Å². The Bertz CT molecular complexity index is 745. The van der Waals surface area contributed by atoms with Crippen LogP contribution in [0.5, 0.6) is 0 Å². The minimum Gasteiger partial charge on any atom is -0.394 e. The SMILES string of the molecule is CCCCCN(c1ccc(N=Nc2ccc([N+](=O)[O-])cc2)cc1)C(C)CO. The van der Waals surface area contributed by atoms with Crippen LogP contribution in [-0.4, -0.2) is 29.2 Å². The van der Waals surface area contributed by atoms with Crippen LogP contribution in [0, 0.1) is 10.1 Å². The summed E-state index contributed by atoms with van der Waals surface area (Å²) in [5.74, 6) is 0. The van der Waals surface area contributed by atoms with Crippen LogP contribution in [0.1, 0.15) is 33.1 Å². The van der Waals surface area contributed by atoms with Crippen molar-refractivity contribution in [2.24, 2.45) is 10.2 Å². The highest BCUT2D eigenvalue weighted by molar-refractivity contribution is 5.53. The van der Waals surface area contributed by atoms with Crippen molar-refractivity contribution in [3.8, 4) is 0 Å². The zero-order valence-electron chi connectivity index (χ0n) is 15.8. The second-order valence-electron chi connectivity index (χ2n) is 6.42. The molecule has 2 aromatic carbocycles. The Kier molecular flexibility index (Phi) is 7.88. The Labute approximate surface area is 159 Å². The normalized spacial score (nSPS) is 12.3. The molecule has 2 aromatic rings. The van der Waals surface area contributed by atoms with Gasteiger partial charge in [-0.05, 0) is 49.7 Å². The molecule has 0 heterocycles. The van der Waals surface area contributed by atoms with Gasteiger partial charge in [-0.3, -0.25) is 10.1 Å². The lowest BCUT2D eigenvalue weighted by Crippen LogP contribution is -2.36. The second-order valence-corrected chi connectivity index (χ2v) is 6.42. The maximum absolute atomic E-state index is 10.7. The quantitative estimate of drug-likeness (QED) is 0.263. The Morgan fingerprint density at radius 3 is 2.07 bits per heavy atom. The summed E-state index contributed by atoms with van der Waals surface area (Å²) in [4.78, 5) is 12.4. The summed E-state index contributed by atoms with van der Waals surface area (Å²) in [5.41, 5.74) is 2.32. The molecule has 0 aliphatic heterocycles. The molecule has 144 valence electrons. The lowest BCUT2D eigenvalue weighted by Gasteiger charge is -2.30. The predicted molar refractivity (Wildman–Crippen MR) is 107 cm³/mol. The van der Waals surface area contributed by atoms with E-state index in [1.807, 2.05) is 31.2 Å². The van der Waals surface area contributed by atoms with Crippen LogP contribution in [0.3, 0.4) is 0 Å². The molecule has 0 radical (unpaired) electrons. The third-order valence-corrected chi connectivity index (χ3v) is 4.32. The van der Waals surface area contributed by atoms with Gasteiger partial charge in [0.1, 0.15) is 0 Å². The fourth-order valence-corrected chi connectivity index (χ4v) is 2.70. The van der Waals surface area contributed by atoms with Crippen LogP contribution in [-0.2, 0) is 0 Å². The van der Waals surface area contributed by atoms with Gasteiger partial charge in [0, 0.05) is 30.4 Å². The number of nitro benzene ring substituents is 1. The second kappa shape index (κ2) is 10.4. The number of benzene rings is 2. The molecular weight excluding hydrogens is 344 g/mol. The van der Waals surface area contributed by atoms with E-state index in [0.29, 0.717) is 11.4 Å². The number of nitro groups is 1. The lowest BCUT2D eigenvalue weighted by atomic mass is 10.1. The number of hydrogen-bond acceptors (Lipinski definition) is 6. The zero-order chi connectivity index (χ0) is 19.6. The van der Waals surface area contributed by atoms with Crippen molar-refractivity contribution in [2.45, 2.75) is 39.2 Å². The number of unbranched alkanes of at least 4 members (excludes halogenated alkanes) is 2. The van der Waals surface area contributed by atoms with E-state index in [0.717, 1.165) is 31.5 Å². The highest BCUT2D eigenvalue weighted by atomic mass is 16.6. The Hall–Kier alpha value is -2.80. The first-order valence-corrected chi connectivity index (χ1v) is 9.19. The monoisotopic (exact) mass is 370 g/mol. The van der Waals surface area contributed by atoms with Gasteiger partial charge in [0.05, 0.1) is 22.9 Å². The van der Waals surface area contributed by atoms with Crippen molar-refractivity contribution in [3.63, 3.8) is 0 Å². The van der Waals surface area contributed by atoms with Gasteiger partial charge in [-0.15, -0.1) is 0 Å². The molecule has 0 bridgehead atoms. The number of azo groups is 1. The highest BCUT2D eigenvalue weighted by Gasteiger charge is 2.13. The standard InChI is InChI=1S/C20H26N4O3/c1-3-4-5-14-23(16(2)15-25)19-10-6-17(7-11-19)21-22-18-8-12-20(13-9-18)24(26)27/h6-13,16,25H,3-5,14-15H2,1-2H3. The van der Waals surface area contributed by atoms with Gasteiger partial charge in [0.2, 0.25) is 0 Å². The van der Waals surface area contributed by atoms with Crippen LogP contribution in [0.25, 0.3) is 0 Å². The first-order chi connectivity index (χ1) is 13.0. The molecule has 7 heteroatoms. The van der Waals surface area contributed by atoms with E-state index in [2.05, 4.69) is 22.1 Å². The molecule has 0 saturated carbocycles. The maximum atomic E-state index is 10.7. The van der Waals surface area contributed by atoms with Crippen molar-refractivity contribution in [1.29, 1.82) is 0 Å². The molecule has 1 atom stereocenters. The zero-order valence-corrected chi connectivity index (χ0v) is 15.8. The summed E-state index contributed by atoms with van der Waals surface area (Å²) in [5, 5.41) is 28.5. The van der Waals surface area contributed by atoms with Gasteiger partial charge in [-0.2, -0.15) is 10.2 Å². The van der Waals surface area contributed by atoms with E-state index >= 15 is 0 Å². The average Bonchev–Trinajstić information content (AvgIpc) is 2.70. The molecule has 27 heavy (non-hydrogen) atoms. The summed E-state index contributed by atoms with van der Waals surface area (Å²) in [6.07, 6.45) is 3.40. The van der Waals surface area contributed by atoms with Crippen LogP contribution in [0.2, 0.25) is 0 Å². The van der Waals surface area contributed by atoms with Gasteiger partial charge in [-0.25, -0.2) is 0 Å². The molecule has 0 spiro atoms. The largest absolute Gasteiger partial charge is 0.394 e. The van der Waals surface area contributed by atoms with E-state index in [1.165, 1.54) is 12.1 Å². The van der Waals surface area contributed by atoms with Gasteiger partial charge < -0.3 is 10.0 Å². The van der Waals surface area contributed by atoms with E-state index in [-0.39, 0.29) is 18.3 Å². The molecule has 1 unspecified atom stereocenters. The average molecular weight is 370 g/mol. The van der Waals surface area contributed by atoms with Crippen molar-refractivity contribution >= 4 is 22.7 Å². The smallest absolute Gasteiger partial charge is 0.269 e. The van der Waals surface area contributed by atoms with Crippen LogP contribution in [0.4, 0.5) is 22.7 Å². The number of anilines is 1. The first kappa shape index (κ1) is 20.5. The number of rotatable bonds is 10. The molecule has 1 N–H and O–H groups in total. The van der Waals surface area contributed by atoms with Gasteiger partial charge in [-0.1, -0.05) is 19.8 Å². The maximum Gasteiger partial charge on any atom is 0.269 e. The minimum atomic E-state index is -0.445. The Balaban J connectivity index is 2.06. The Morgan fingerprint density at radius 2 is 1.59 bits per heavy atom. The van der Waals surface area contributed by atoms with Crippen LogP contribution >= 0.6 is 0 Å². The number of nitrogens with zero attached hydrogens (tertiary/aromatic N) is 4. The van der Waals surface area contributed by atoms with E-state index in [4.69, 9.17) is 0 Å². The molecule has 0 aromatic heterocycles. The molecule has 0 aliphatic carbocycles. The molecule has 0 fully saturated rings. The Morgan fingerprint density at radius 1 is 1.04 bits per heavy atom. The number of aliphatic hydroxyl groups is 1. The van der Waals surface area contributed by atoms with Gasteiger partial charge >= 0.3 is 0 Å². The molecule has 7 nitrogen and oxygen atoms in total. The number of hydrogen-bond donors (Lipinski definition) is 1. The van der Waals surface area contributed by atoms with Crippen molar-refractivity contribution < 1.29 is 10.0 Å². The predicted octanol–water partition coefficient (Wildman–Crippen LogP) is 5.39. The van der Waals surface area contributed by atoms with Gasteiger partial charge in [0.25, 0.3) is 5.69 Å². The fraction of sp³-hybridized carbons (Fsp3) is 0.400. The first-order valence-electron chi connectivity index (χ1n) is 9.19. The van der Waals surface area contributed by atoms with Crippen LogP contribution < -0.4 is 4.90 Å². The third kappa shape index (κ3) is 6.14. The summed E-state index contributed by atoms with van der Waals surface area (Å²) in [6.45, 7) is 5.19. The number of non-ortho nitro benzene ring substituents is 1. The topological polar surface area (TPSA) is 91.3 Å². The van der Waals surface area contributed by atoms with Crippen molar-refractivity contribution in [2.75, 3.05) is 18.1 Å². The number of aliphatic hydroxyl groups excluding tert-OH is 1.